The van der Waals surface area contributed by atoms with E-state index < -0.39 is 28.6 Å². The average molecular weight is 877 g/mol. The summed E-state index contributed by atoms with van der Waals surface area (Å²) in [6.45, 7) is 21.0. The molecule has 7 rings (SSSR count). The second kappa shape index (κ2) is 16.6. The van der Waals surface area contributed by atoms with Crippen LogP contribution in [0, 0.1) is 68.0 Å². The number of amides is 2. The molecule has 342 valence electrons. The zero-order valence-corrected chi connectivity index (χ0v) is 39.6. The topological polar surface area (TPSA) is 165 Å². The highest BCUT2D eigenvalue weighted by molar-refractivity contribution is 6.30. The summed E-state index contributed by atoms with van der Waals surface area (Å²) < 4.78 is 6.43. The van der Waals surface area contributed by atoms with Crippen LogP contribution in [-0.2, 0) is 23.9 Å². The Hall–Kier alpha value is -3.24. The molecule has 0 radical (unpaired) electrons. The highest BCUT2D eigenvalue weighted by Crippen LogP contribution is 2.77. The number of nitrogens with two attached hydrogens (primary N) is 1. The van der Waals surface area contributed by atoms with Crippen LogP contribution in [0.4, 0.5) is 0 Å². The van der Waals surface area contributed by atoms with Crippen LogP contribution in [0.1, 0.15) is 156 Å². The van der Waals surface area contributed by atoms with Gasteiger partial charge in [-0.3, -0.25) is 24.0 Å². The maximum absolute atomic E-state index is 14.2. The number of carboxylic acid groups (broad SMARTS) is 1. The number of carbonyl (C=O) groups is 5. The van der Waals surface area contributed by atoms with Gasteiger partial charge in [-0.2, -0.15) is 0 Å². The molecule has 5 saturated carbocycles. The fourth-order valence-electron chi connectivity index (χ4n) is 15.2. The molecule has 0 bridgehead atoms. The summed E-state index contributed by atoms with van der Waals surface area (Å²) in [6.07, 6.45) is 9.72. The van der Waals surface area contributed by atoms with Gasteiger partial charge in [-0.15, -0.1) is 0 Å². The van der Waals surface area contributed by atoms with E-state index in [0.717, 1.165) is 56.9 Å². The minimum absolute atomic E-state index is 0.0101. The largest absolute Gasteiger partial charge is 0.481 e. The third kappa shape index (κ3) is 7.56. The van der Waals surface area contributed by atoms with E-state index in [-0.39, 0.29) is 82.2 Å². The molecule has 0 aromatic heterocycles. The van der Waals surface area contributed by atoms with Crippen molar-refractivity contribution in [1.82, 2.24) is 10.6 Å². The molecular formula is C51H74ClN3O7. The second-order valence-corrected chi connectivity index (χ2v) is 23.3. The smallest absolute Gasteiger partial charge is 0.309 e. The minimum atomic E-state index is -0.843. The van der Waals surface area contributed by atoms with Gasteiger partial charge in [0.2, 0.25) is 5.91 Å². The average Bonchev–Trinajstić information content (AvgIpc) is 3.48. The maximum atomic E-state index is 14.2. The number of benzene rings is 1. The number of allylic oxidation sites excluding steroid dienone is 2. The summed E-state index contributed by atoms with van der Waals surface area (Å²) >= 11 is 6.05. The molecule has 0 aliphatic heterocycles. The molecule has 1 unspecified atom stereocenters. The zero-order chi connectivity index (χ0) is 45.4. The van der Waals surface area contributed by atoms with Gasteiger partial charge in [0.25, 0.3) is 5.91 Å². The van der Waals surface area contributed by atoms with E-state index in [1.807, 2.05) is 13.8 Å². The van der Waals surface area contributed by atoms with Gasteiger partial charge in [-0.25, -0.2) is 0 Å². The Bertz CT molecular complexity index is 1990. The van der Waals surface area contributed by atoms with Crippen LogP contribution >= 0.6 is 11.6 Å². The molecule has 6 aliphatic rings. The van der Waals surface area contributed by atoms with Crippen molar-refractivity contribution in [2.75, 3.05) is 13.1 Å². The number of halogens is 1. The predicted octanol–water partition coefficient (Wildman–Crippen LogP) is 9.32. The molecule has 62 heavy (non-hydrogen) atoms. The number of esters is 1. The van der Waals surface area contributed by atoms with Gasteiger partial charge in [0.1, 0.15) is 6.10 Å². The number of ether oxygens (including phenoxy) is 1. The summed E-state index contributed by atoms with van der Waals surface area (Å²) in [6, 6.07) is 6.44. The number of aliphatic carboxylic acids is 1. The van der Waals surface area contributed by atoms with Crippen LogP contribution in [0.3, 0.4) is 0 Å². The van der Waals surface area contributed by atoms with Crippen LogP contribution in [0.15, 0.2) is 35.4 Å². The molecule has 10 nitrogen and oxygen atoms in total. The molecule has 1 aromatic rings. The third-order valence-corrected chi connectivity index (χ3v) is 19.1. The first-order valence-electron chi connectivity index (χ1n) is 23.7. The van der Waals surface area contributed by atoms with Crippen LogP contribution in [0.5, 0.6) is 0 Å². The Kier molecular flexibility index (Phi) is 12.5. The number of nitrogens with one attached hydrogen (secondary N) is 2. The summed E-state index contributed by atoms with van der Waals surface area (Å²) in [5, 5.41) is 16.5. The fraction of sp³-hybridized carbons (Fsp3) is 0.745. The van der Waals surface area contributed by atoms with Crippen molar-refractivity contribution in [3.63, 3.8) is 0 Å². The number of ketones is 1. The van der Waals surface area contributed by atoms with Crippen molar-refractivity contribution in [1.29, 1.82) is 0 Å². The molecule has 0 saturated heterocycles. The Morgan fingerprint density at radius 1 is 0.871 bits per heavy atom. The molecule has 11 heteroatoms. The van der Waals surface area contributed by atoms with Crippen LogP contribution in [0.25, 0.3) is 0 Å². The van der Waals surface area contributed by atoms with E-state index in [4.69, 9.17) is 22.1 Å². The lowest BCUT2D eigenvalue weighted by Gasteiger charge is -2.72. The number of carbonyl (C=O) groups excluding carboxylic acids is 4. The Morgan fingerprint density at radius 2 is 1.56 bits per heavy atom. The van der Waals surface area contributed by atoms with Gasteiger partial charge in [0.15, 0.2) is 5.78 Å². The van der Waals surface area contributed by atoms with Crippen molar-refractivity contribution in [2.24, 2.45) is 73.7 Å². The first-order valence-corrected chi connectivity index (χ1v) is 24.1. The number of Topliss-reactive ketones (excluding diaryl/α,β-unsaturated/α-hetero) is 1. The van der Waals surface area contributed by atoms with Crippen molar-refractivity contribution < 1.29 is 33.8 Å². The standard InChI is InChI=1S/C51H74ClN3O7/c1-29(2)41-36(56)26-51(27-40(57)54-28-32(11-10-24-53)55-43(58)30-12-14-31(52)15-13-30)23-22-49(8)33(42(41)51)16-17-38-48(7)20-19-39(47(5,6)37(48)18-21-50(38,49)9)62-45(61)35-25-34(44(59)60)46(35,3)4/h12-15,29,32-35,37-39H,10-11,16-28,53H2,1-9H3,(H,54,57)(H,55,58)(H,59,60)/t32?,33-,34+,35-,37+,38-,39+,48+,49-,50-,51+/m1/s1. The molecule has 1 aromatic carbocycles. The van der Waals surface area contributed by atoms with Gasteiger partial charge in [-0.1, -0.05) is 79.5 Å². The van der Waals surface area contributed by atoms with Crippen LogP contribution in [-0.4, -0.2) is 59.9 Å². The highest BCUT2D eigenvalue weighted by Gasteiger charge is 2.70. The summed E-state index contributed by atoms with van der Waals surface area (Å²) in [5.41, 5.74) is 7.18. The number of carboxylic acids is 1. The van der Waals surface area contributed by atoms with E-state index in [1.54, 1.807) is 24.3 Å². The number of hydrogen-bond acceptors (Lipinski definition) is 7. The SMILES string of the molecule is CC(C)C1=C2[C@H]3CC[C@@H]4[C@@]5(C)CC[C@H](OC(=O)[C@H]6C[C@@H](C(=O)O)C6(C)C)C(C)(C)[C@@H]5CC[C@@]4(C)[C@]3(C)CC[C@@]2(CC(=O)NCC(CCCN)NC(=O)c2ccc(Cl)cc2)CC1=O. The lowest BCUT2D eigenvalue weighted by Crippen LogP contribution is -2.66. The Balaban J connectivity index is 1.08. The molecule has 0 spiro atoms. The molecule has 2 amide bonds. The Labute approximate surface area is 375 Å². The van der Waals surface area contributed by atoms with Crippen molar-refractivity contribution >= 4 is 41.1 Å². The first-order chi connectivity index (χ1) is 29.0. The van der Waals surface area contributed by atoms with Crippen molar-refractivity contribution in [3.8, 4) is 0 Å². The lowest BCUT2D eigenvalue weighted by molar-refractivity contribution is -0.236. The lowest BCUT2D eigenvalue weighted by atomic mass is 9.33. The fourth-order valence-corrected chi connectivity index (χ4v) is 15.3. The maximum Gasteiger partial charge on any atom is 0.309 e. The minimum Gasteiger partial charge on any atom is -0.481 e. The Morgan fingerprint density at radius 3 is 2.19 bits per heavy atom. The van der Waals surface area contributed by atoms with E-state index in [1.165, 1.54) is 5.57 Å². The predicted molar refractivity (Wildman–Crippen MR) is 241 cm³/mol. The first kappa shape index (κ1) is 46.7. The van der Waals surface area contributed by atoms with Gasteiger partial charge < -0.3 is 26.2 Å². The molecule has 6 aliphatic carbocycles. The molecule has 0 heterocycles. The quantitative estimate of drug-likeness (QED) is 0.143. The van der Waals surface area contributed by atoms with E-state index in [9.17, 15) is 29.1 Å². The number of fused-ring (bicyclic) bond motifs is 7. The van der Waals surface area contributed by atoms with E-state index >= 15 is 0 Å². The van der Waals surface area contributed by atoms with Crippen molar-refractivity contribution in [3.05, 3.63) is 46.0 Å². The summed E-state index contributed by atoms with van der Waals surface area (Å²) in [5.74, 6) is -1.05. The van der Waals surface area contributed by atoms with E-state index in [0.29, 0.717) is 54.6 Å². The number of hydrogen-bond donors (Lipinski definition) is 4. The second-order valence-electron chi connectivity index (χ2n) is 22.9. The normalized spacial score (nSPS) is 37.2. The van der Waals surface area contributed by atoms with Crippen LogP contribution < -0.4 is 16.4 Å². The van der Waals surface area contributed by atoms with Gasteiger partial charge in [0.05, 0.1) is 11.8 Å². The zero-order valence-electron chi connectivity index (χ0n) is 38.9. The van der Waals surface area contributed by atoms with Gasteiger partial charge in [0, 0.05) is 46.8 Å². The highest BCUT2D eigenvalue weighted by atomic mass is 35.5. The van der Waals surface area contributed by atoms with Crippen LogP contribution in [0.2, 0.25) is 5.02 Å². The molecule has 5 fully saturated rings. The monoisotopic (exact) mass is 876 g/mol. The summed E-state index contributed by atoms with van der Waals surface area (Å²) in [4.78, 5) is 67.0. The summed E-state index contributed by atoms with van der Waals surface area (Å²) in [7, 11) is 0. The van der Waals surface area contributed by atoms with Gasteiger partial charge in [-0.05, 0) is 152 Å². The third-order valence-electron chi connectivity index (χ3n) is 18.9. The number of rotatable bonds is 13. The molecule has 5 N–H and O–H groups in total. The molecular weight excluding hydrogens is 802 g/mol. The van der Waals surface area contributed by atoms with Gasteiger partial charge >= 0.3 is 11.9 Å². The van der Waals surface area contributed by atoms with E-state index in [2.05, 4.69) is 59.1 Å². The molecule has 11 atom stereocenters. The van der Waals surface area contributed by atoms with Crippen molar-refractivity contribution in [2.45, 2.75) is 158 Å².